The molecule has 0 amide bonds. The van der Waals surface area contributed by atoms with Crippen molar-refractivity contribution in [3.63, 3.8) is 0 Å². The maximum Gasteiger partial charge on any atom is 0.240 e. The highest BCUT2D eigenvalue weighted by Gasteiger charge is 2.25. The molecule has 0 radical (unpaired) electrons. The van der Waals surface area contributed by atoms with E-state index in [1.165, 1.54) is 4.88 Å². The molecule has 4 N–H and O–H groups in total. The van der Waals surface area contributed by atoms with Crippen molar-refractivity contribution >= 4 is 33.3 Å². The number of hydrazine groups is 1. The van der Waals surface area contributed by atoms with Crippen molar-refractivity contribution in [2.75, 3.05) is 30.0 Å². The van der Waals surface area contributed by atoms with E-state index in [4.69, 9.17) is 5.84 Å². The van der Waals surface area contributed by atoms with E-state index in [0.29, 0.717) is 11.9 Å². The van der Waals surface area contributed by atoms with Crippen LogP contribution in [0.25, 0.3) is 10.2 Å². The van der Waals surface area contributed by atoms with Crippen molar-refractivity contribution in [3.05, 3.63) is 10.9 Å². The molecule has 0 aromatic carbocycles. The summed E-state index contributed by atoms with van der Waals surface area (Å²) in [5.74, 6) is 7.18. The Hall–Kier alpha value is -1.44. The molecule has 20 heavy (non-hydrogen) atoms. The highest BCUT2D eigenvalue weighted by Crippen LogP contribution is 2.34. The Morgan fingerprint density at radius 2 is 2.40 bits per heavy atom. The van der Waals surface area contributed by atoms with Gasteiger partial charge in [-0.05, 0) is 18.9 Å². The summed E-state index contributed by atoms with van der Waals surface area (Å²) in [6.45, 7) is 4.12. The van der Waals surface area contributed by atoms with Crippen LogP contribution in [0.4, 0.5) is 11.8 Å². The van der Waals surface area contributed by atoms with Crippen LogP contribution in [-0.4, -0.2) is 34.8 Å². The van der Waals surface area contributed by atoms with Crippen molar-refractivity contribution < 1.29 is 5.11 Å². The van der Waals surface area contributed by atoms with Gasteiger partial charge in [0.2, 0.25) is 5.95 Å². The zero-order valence-electron chi connectivity index (χ0n) is 11.5. The summed E-state index contributed by atoms with van der Waals surface area (Å²) in [6.07, 6.45) is 1.99. The summed E-state index contributed by atoms with van der Waals surface area (Å²) >= 11 is 1.68. The standard InChI is InChI=1S/C13H19N5OS/c1-2-9-5-10-11(18-4-3-8(6-18)7-19)15-13(17-14)16-12(10)20-9/h5,8,19H,2-4,6-7,14H2,1H3,(H,15,16,17). The Morgan fingerprint density at radius 1 is 1.55 bits per heavy atom. The monoisotopic (exact) mass is 293 g/mol. The first-order valence-electron chi connectivity index (χ1n) is 6.88. The zero-order chi connectivity index (χ0) is 14.1. The van der Waals surface area contributed by atoms with Gasteiger partial charge in [-0.1, -0.05) is 6.92 Å². The molecule has 3 heterocycles. The molecule has 108 valence electrons. The predicted molar refractivity (Wildman–Crippen MR) is 82.0 cm³/mol. The van der Waals surface area contributed by atoms with Crippen LogP contribution in [-0.2, 0) is 6.42 Å². The van der Waals surface area contributed by atoms with Gasteiger partial charge < -0.3 is 10.0 Å². The molecule has 0 aliphatic carbocycles. The number of hydrogen-bond donors (Lipinski definition) is 3. The second-order valence-corrected chi connectivity index (χ2v) is 6.20. The average Bonchev–Trinajstić information content (AvgIpc) is 3.11. The second kappa shape index (κ2) is 5.51. The van der Waals surface area contributed by atoms with Gasteiger partial charge in [0.05, 0.1) is 5.39 Å². The maximum atomic E-state index is 9.30. The Labute approximate surface area is 121 Å². The van der Waals surface area contributed by atoms with Gasteiger partial charge in [-0.15, -0.1) is 11.3 Å². The third kappa shape index (κ3) is 2.32. The van der Waals surface area contributed by atoms with Gasteiger partial charge in [0, 0.05) is 30.5 Å². The smallest absolute Gasteiger partial charge is 0.240 e. The van der Waals surface area contributed by atoms with Gasteiger partial charge in [-0.25, -0.2) is 10.8 Å². The lowest BCUT2D eigenvalue weighted by molar-refractivity contribution is 0.238. The molecule has 0 bridgehead atoms. The Bertz CT molecular complexity index is 614. The minimum Gasteiger partial charge on any atom is -0.396 e. The van der Waals surface area contributed by atoms with Gasteiger partial charge in [0.25, 0.3) is 0 Å². The third-order valence-corrected chi connectivity index (χ3v) is 4.92. The largest absolute Gasteiger partial charge is 0.396 e. The summed E-state index contributed by atoms with van der Waals surface area (Å²) in [7, 11) is 0. The van der Waals surface area contributed by atoms with Crippen LogP contribution in [0.5, 0.6) is 0 Å². The summed E-state index contributed by atoms with van der Waals surface area (Å²) in [5.41, 5.74) is 2.54. The van der Waals surface area contributed by atoms with E-state index in [0.717, 1.165) is 42.0 Å². The first-order chi connectivity index (χ1) is 9.75. The Kier molecular flexibility index (Phi) is 3.73. The molecular weight excluding hydrogens is 274 g/mol. The highest BCUT2D eigenvalue weighted by atomic mass is 32.1. The predicted octanol–water partition coefficient (Wildman–Crippen LogP) is 1.36. The lowest BCUT2D eigenvalue weighted by Crippen LogP contribution is -2.23. The van der Waals surface area contributed by atoms with Crippen molar-refractivity contribution in [2.24, 2.45) is 11.8 Å². The number of nitrogens with two attached hydrogens (primary N) is 1. The maximum absolute atomic E-state index is 9.30. The summed E-state index contributed by atoms with van der Waals surface area (Å²) in [6, 6.07) is 2.17. The van der Waals surface area contributed by atoms with E-state index >= 15 is 0 Å². The molecule has 0 spiro atoms. The number of nitrogen functional groups attached to an aromatic ring is 1. The van der Waals surface area contributed by atoms with Crippen LogP contribution in [0.1, 0.15) is 18.2 Å². The molecule has 7 heteroatoms. The van der Waals surface area contributed by atoms with Crippen molar-refractivity contribution in [1.82, 2.24) is 9.97 Å². The van der Waals surface area contributed by atoms with E-state index in [1.807, 2.05) is 0 Å². The fourth-order valence-corrected chi connectivity index (χ4v) is 3.57. The fraction of sp³-hybridized carbons (Fsp3) is 0.538. The number of aryl methyl sites for hydroxylation is 1. The lowest BCUT2D eigenvalue weighted by atomic mass is 10.1. The normalized spacial score (nSPS) is 18.9. The molecular formula is C13H19N5OS. The minimum absolute atomic E-state index is 0.233. The Morgan fingerprint density at radius 3 is 3.05 bits per heavy atom. The lowest BCUT2D eigenvalue weighted by Gasteiger charge is -2.18. The Balaban J connectivity index is 2.05. The van der Waals surface area contributed by atoms with Gasteiger partial charge in [-0.2, -0.15) is 4.98 Å². The number of hydrogen-bond acceptors (Lipinski definition) is 7. The van der Waals surface area contributed by atoms with Gasteiger partial charge in [0.15, 0.2) is 0 Å². The molecule has 1 fully saturated rings. The van der Waals surface area contributed by atoms with Crippen molar-refractivity contribution in [3.8, 4) is 0 Å². The minimum atomic E-state index is 0.233. The fourth-order valence-electron chi connectivity index (χ4n) is 2.61. The van der Waals surface area contributed by atoms with Crippen LogP contribution < -0.4 is 16.2 Å². The molecule has 1 unspecified atom stereocenters. The molecule has 1 saturated heterocycles. The number of anilines is 2. The van der Waals surface area contributed by atoms with Gasteiger partial charge in [0.1, 0.15) is 10.6 Å². The zero-order valence-corrected chi connectivity index (χ0v) is 12.3. The number of thiophene rings is 1. The number of aliphatic hydroxyl groups is 1. The van der Waals surface area contributed by atoms with Crippen molar-refractivity contribution in [1.29, 1.82) is 0 Å². The second-order valence-electron chi connectivity index (χ2n) is 5.08. The summed E-state index contributed by atoms with van der Waals surface area (Å²) < 4.78 is 0. The van der Waals surface area contributed by atoms with E-state index in [1.54, 1.807) is 11.3 Å². The van der Waals surface area contributed by atoms with Gasteiger partial charge >= 0.3 is 0 Å². The van der Waals surface area contributed by atoms with Crippen LogP contribution in [0.3, 0.4) is 0 Å². The SMILES string of the molecule is CCc1cc2c(N3CCC(CO)C3)nc(NN)nc2s1. The number of fused-ring (bicyclic) bond motifs is 1. The number of nitrogens with zero attached hydrogens (tertiary/aromatic N) is 3. The number of aromatic nitrogens is 2. The molecule has 1 aliphatic rings. The molecule has 0 saturated carbocycles. The number of aliphatic hydroxyl groups excluding tert-OH is 1. The van der Waals surface area contributed by atoms with E-state index in [-0.39, 0.29) is 6.61 Å². The topological polar surface area (TPSA) is 87.3 Å². The first kappa shape index (κ1) is 13.5. The summed E-state index contributed by atoms with van der Waals surface area (Å²) in [5, 5.41) is 10.4. The quantitative estimate of drug-likeness (QED) is 0.583. The van der Waals surface area contributed by atoms with Crippen LogP contribution in [0.2, 0.25) is 0 Å². The molecule has 3 rings (SSSR count). The third-order valence-electron chi connectivity index (χ3n) is 3.74. The van der Waals surface area contributed by atoms with Crippen LogP contribution in [0, 0.1) is 5.92 Å². The van der Waals surface area contributed by atoms with Crippen molar-refractivity contribution in [2.45, 2.75) is 19.8 Å². The first-order valence-corrected chi connectivity index (χ1v) is 7.69. The van der Waals surface area contributed by atoms with E-state index < -0.39 is 0 Å². The number of nitrogens with one attached hydrogen (secondary N) is 1. The van der Waals surface area contributed by atoms with Crippen LogP contribution >= 0.6 is 11.3 Å². The van der Waals surface area contributed by atoms with E-state index in [9.17, 15) is 5.11 Å². The molecule has 1 atom stereocenters. The van der Waals surface area contributed by atoms with Crippen LogP contribution in [0.15, 0.2) is 6.07 Å². The molecule has 2 aromatic rings. The number of rotatable bonds is 4. The van der Waals surface area contributed by atoms with E-state index in [2.05, 4.69) is 33.3 Å². The van der Waals surface area contributed by atoms with Gasteiger partial charge in [-0.3, -0.25) is 5.43 Å². The highest BCUT2D eigenvalue weighted by molar-refractivity contribution is 7.18. The molecule has 6 nitrogen and oxygen atoms in total. The average molecular weight is 293 g/mol. The molecule has 1 aliphatic heterocycles. The molecule has 2 aromatic heterocycles. The summed E-state index contributed by atoms with van der Waals surface area (Å²) in [4.78, 5) is 13.4.